The molecule has 0 atom stereocenters. The third-order valence-electron chi connectivity index (χ3n) is 6.33. The van der Waals surface area contributed by atoms with Crippen LogP contribution < -0.4 is 10.2 Å². The summed E-state index contributed by atoms with van der Waals surface area (Å²) in [7, 11) is 1.57. The summed E-state index contributed by atoms with van der Waals surface area (Å²) in [5, 5.41) is 2.86. The van der Waals surface area contributed by atoms with Gasteiger partial charge in [-0.15, -0.1) is 0 Å². The van der Waals surface area contributed by atoms with E-state index >= 15 is 0 Å². The molecule has 0 radical (unpaired) electrons. The van der Waals surface area contributed by atoms with Crippen molar-refractivity contribution in [2.45, 2.75) is 12.8 Å². The summed E-state index contributed by atoms with van der Waals surface area (Å²) in [4.78, 5) is 43.0. The molecule has 1 saturated carbocycles. The van der Waals surface area contributed by atoms with E-state index in [0.717, 1.165) is 18.5 Å². The Balaban J connectivity index is 1.28. The predicted octanol–water partition coefficient (Wildman–Crippen LogP) is 2.61. The SMILES string of the molecule is COCCN(CC(=O)Nc1ccc(N2CCN(C(=O)c3ccccc3F)CC2)cc1)C(=O)C1CC1. The number of carbonyl (C=O) groups is 3. The lowest BCUT2D eigenvalue weighted by molar-refractivity contribution is -0.136. The number of nitrogens with one attached hydrogen (secondary N) is 1. The van der Waals surface area contributed by atoms with Gasteiger partial charge in [0.15, 0.2) is 0 Å². The molecule has 8 nitrogen and oxygen atoms in total. The van der Waals surface area contributed by atoms with Crippen LogP contribution in [0.15, 0.2) is 48.5 Å². The van der Waals surface area contributed by atoms with Crippen molar-refractivity contribution in [1.82, 2.24) is 9.80 Å². The first-order valence-corrected chi connectivity index (χ1v) is 11.9. The molecule has 3 amide bonds. The zero-order valence-electron chi connectivity index (χ0n) is 19.9. The monoisotopic (exact) mass is 482 g/mol. The normalized spacial score (nSPS) is 15.6. The summed E-state index contributed by atoms with van der Waals surface area (Å²) in [5.41, 5.74) is 1.73. The molecule has 186 valence electrons. The molecule has 0 bridgehead atoms. The fourth-order valence-corrected chi connectivity index (χ4v) is 4.16. The Morgan fingerprint density at radius 3 is 2.34 bits per heavy atom. The molecule has 2 fully saturated rings. The summed E-state index contributed by atoms with van der Waals surface area (Å²) < 4.78 is 19.0. The minimum absolute atomic E-state index is 0.00155. The van der Waals surface area contributed by atoms with Crippen molar-refractivity contribution in [3.8, 4) is 0 Å². The van der Waals surface area contributed by atoms with Gasteiger partial charge in [-0.1, -0.05) is 12.1 Å². The Morgan fingerprint density at radius 2 is 1.71 bits per heavy atom. The minimum Gasteiger partial charge on any atom is -0.383 e. The maximum absolute atomic E-state index is 14.0. The van der Waals surface area contributed by atoms with Gasteiger partial charge in [0.05, 0.1) is 18.7 Å². The van der Waals surface area contributed by atoms with Crippen LogP contribution in [0.25, 0.3) is 0 Å². The van der Waals surface area contributed by atoms with Crippen molar-refractivity contribution in [1.29, 1.82) is 0 Å². The first kappa shape index (κ1) is 24.7. The van der Waals surface area contributed by atoms with Crippen LogP contribution >= 0.6 is 0 Å². The van der Waals surface area contributed by atoms with Crippen molar-refractivity contribution in [3.05, 3.63) is 59.9 Å². The Morgan fingerprint density at radius 1 is 1.03 bits per heavy atom. The Bertz CT molecular complexity index is 1050. The Labute approximate surface area is 204 Å². The number of amides is 3. The fourth-order valence-electron chi connectivity index (χ4n) is 4.16. The third-order valence-corrected chi connectivity index (χ3v) is 6.33. The van der Waals surface area contributed by atoms with Gasteiger partial charge in [0.1, 0.15) is 5.82 Å². The van der Waals surface area contributed by atoms with Crippen LogP contribution in [0.5, 0.6) is 0 Å². The highest BCUT2D eigenvalue weighted by molar-refractivity contribution is 5.95. The van der Waals surface area contributed by atoms with Crippen LogP contribution in [0.4, 0.5) is 15.8 Å². The molecule has 2 aliphatic rings. The van der Waals surface area contributed by atoms with E-state index in [1.165, 1.54) is 12.1 Å². The van der Waals surface area contributed by atoms with Crippen LogP contribution in [0.1, 0.15) is 23.2 Å². The lowest BCUT2D eigenvalue weighted by atomic mass is 10.1. The molecule has 2 aromatic rings. The highest BCUT2D eigenvalue weighted by Gasteiger charge is 2.34. The van der Waals surface area contributed by atoms with E-state index in [1.54, 1.807) is 29.0 Å². The van der Waals surface area contributed by atoms with Gasteiger partial charge in [-0.2, -0.15) is 0 Å². The average Bonchev–Trinajstić information content (AvgIpc) is 3.72. The van der Waals surface area contributed by atoms with Gasteiger partial charge in [0, 0.05) is 57.1 Å². The smallest absolute Gasteiger partial charge is 0.256 e. The molecule has 1 aliphatic carbocycles. The zero-order valence-corrected chi connectivity index (χ0v) is 19.9. The van der Waals surface area contributed by atoms with Gasteiger partial charge < -0.3 is 24.8 Å². The highest BCUT2D eigenvalue weighted by Crippen LogP contribution is 2.31. The number of halogens is 1. The van der Waals surface area contributed by atoms with E-state index in [9.17, 15) is 18.8 Å². The van der Waals surface area contributed by atoms with Crippen molar-refractivity contribution in [2.24, 2.45) is 5.92 Å². The van der Waals surface area contributed by atoms with Crippen LogP contribution in [0, 0.1) is 11.7 Å². The van der Waals surface area contributed by atoms with Gasteiger partial charge in [-0.3, -0.25) is 14.4 Å². The molecule has 0 spiro atoms. The molecule has 2 aromatic carbocycles. The topological polar surface area (TPSA) is 82.2 Å². The van der Waals surface area contributed by atoms with Crippen molar-refractivity contribution in [3.63, 3.8) is 0 Å². The quantitative estimate of drug-likeness (QED) is 0.594. The Kier molecular flexibility index (Phi) is 7.97. The van der Waals surface area contributed by atoms with Gasteiger partial charge in [0.2, 0.25) is 11.8 Å². The molecule has 1 saturated heterocycles. The highest BCUT2D eigenvalue weighted by atomic mass is 19.1. The second-order valence-corrected chi connectivity index (χ2v) is 8.88. The number of methoxy groups -OCH3 is 1. The summed E-state index contributed by atoms with van der Waals surface area (Å²) in [5.74, 6) is -0.985. The number of piperazine rings is 1. The van der Waals surface area contributed by atoms with E-state index in [4.69, 9.17) is 4.74 Å². The fraction of sp³-hybridized carbons (Fsp3) is 0.423. The van der Waals surface area contributed by atoms with E-state index in [0.29, 0.717) is 45.0 Å². The van der Waals surface area contributed by atoms with E-state index in [2.05, 4.69) is 10.2 Å². The minimum atomic E-state index is -0.503. The summed E-state index contributed by atoms with van der Waals surface area (Å²) in [6, 6.07) is 13.5. The third kappa shape index (κ3) is 6.36. The first-order chi connectivity index (χ1) is 17.0. The summed E-state index contributed by atoms with van der Waals surface area (Å²) >= 11 is 0. The van der Waals surface area contributed by atoms with E-state index in [-0.39, 0.29) is 35.7 Å². The standard InChI is InChI=1S/C26H31FN4O4/c1-35-17-16-31(25(33)19-6-7-19)18-24(32)28-20-8-10-21(11-9-20)29-12-14-30(15-13-29)26(34)22-4-2-3-5-23(22)27/h2-5,8-11,19H,6-7,12-18H2,1H3,(H,28,32). The molecular formula is C26H31FN4O4. The predicted molar refractivity (Wildman–Crippen MR) is 131 cm³/mol. The lowest BCUT2D eigenvalue weighted by Gasteiger charge is -2.36. The molecule has 0 unspecified atom stereocenters. The first-order valence-electron chi connectivity index (χ1n) is 11.9. The number of hydrogen-bond acceptors (Lipinski definition) is 5. The number of rotatable bonds is 9. The molecule has 9 heteroatoms. The number of hydrogen-bond donors (Lipinski definition) is 1. The van der Waals surface area contributed by atoms with Crippen molar-refractivity contribution >= 4 is 29.1 Å². The summed E-state index contributed by atoms with van der Waals surface area (Å²) in [6.07, 6.45) is 1.77. The second-order valence-electron chi connectivity index (χ2n) is 8.88. The number of nitrogens with zero attached hydrogens (tertiary/aromatic N) is 3. The molecule has 1 N–H and O–H groups in total. The van der Waals surface area contributed by atoms with Gasteiger partial charge in [0.25, 0.3) is 5.91 Å². The number of anilines is 2. The molecule has 35 heavy (non-hydrogen) atoms. The van der Waals surface area contributed by atoms with Gasteiger partial charge >= 0.3 is 0 Å². The molecule has 4 rings (SSSR count). The van der Waals surface area contributed by atoms with Crippen molar-refractivity contribution < 1.29 is 23.5 Å². The maximum atomic E-state index is 14.0. The second kappa shape index (κ2) is 11.3. The van der Waals surface area contributed by atoms with Crippen LogP contribution in [-0.2, 0) is 14.3 Å². The molecule has 1 heterocycles. The maximum Gasteiger partial charge on any atom is 0.256 e. The largest absolute Gasteiger partial charge is 0.383 e. The number of ether oxygens (including phenoxy) is 1. The lowest BCUT2D eigenvalue weighted by Crippen LogP contribution is -2.49. The van der Waals surface area contributed by atoms with Gasteiger partial charge in [-0.25, -0.2) is 4.39 Å². The number of benzene rings is 2. The molecular weight excluding hydrogens is 451 g/mol. The van der Waals surface area contributed by atoms with Gasteiger partial charge in [-0.05, 0) is 49.2 Å². The average molecular weight is 483 g/mol. The van der Waals surface area contributed by atoms with Crippen molar-refractivity contribution in [2.75, 3.05) is 63.2 Å². The van der Waals surface area contributed by atoms with Crippen LogP contribution in [0.3, 0.4) is 0 Å². The number of carbonyl (C=O) groups excluding carboxylic acids is 3. The molecule has 0 aromatic heterocycles. The molecule has 1 aliphatic heterocycles. The Hall–Kier alpha value is -3.46. The van der Waals surface area contributed by atoms with Crippen LogP contribution in [0.2, 0.25) is 0 Å². The van der Waals surface area contributed by atoms with E-state index < -0.39 is 5.82 Å². The van der Waals surface area contributed by atoms with Crippen LogP contribution in [-0.4, -0.2) is 80.5 Å². The summed E-state index contributed by atoms with van der Waals surface area (Å²) in [6.45, 7) is 3.03. The zero-order chi connectivity index (χ0) is 24.8. The van der Waals surface area contributed by atoms with E-state index in [1.807, 2.05) is 24.3 Å².